The molecule has 1 aliphatic rings. The number of hydrogen-bond acceptors (Lipinski definition) is 2. The first-order chi connectivity index (χ1) is 7.54. The zero-order chi connectivity index (χ0) is 12.1. The summed E-state index contributed by atoms with van der Waals surface area (Å²) in [5, 5.41) is 11.6. The van der Waals surface area contributed by atoms with Crippen molar-refractivity contribution in [3.05, 3.63) is 12.7 Å². The molecule has 0 radical (unpaired) electrons. The van der Waals surface area contributed by atoms with Gasteiger partial charge in [0.05, 0.1) is 5.92 Å². The molecule has 1 aliphatic heterocycles. The van der Waals surface area contributed by atoms with E-state index in [-0.39, 0.29) is 12.1 Å². The third kappa shape index (κ3) is 3.25. The Morgan fingerprint density at radius 3 is 2.88 bits per heavy atom. The smallest absolute Gasteiger partial charge is 0.317 e. The number of carboxylic acids is 1. The highest BCUT2D eigenvalue weighted by Gasteiger charge is 2.30. The molecule has 0 aromatic carbocycles. The Hall–Kier alpha value is -1.52. The summed E-state index contributed by atoms with van der Waals surface area (Å²) in [6.45, 7) is 6.32. The average Bonchev–Trinajstić information content (AvgIpc) is 2.66. The minimum absolute atomic E-state index is 0.0360. The van der Waals surface area contributed by atoms with Gasteiger partial charge in [-0.25, -0.2) is 4.79 Å². The molecule has 2 unspecified atom stereocenters. The van der Waals surface area contributed by atoms with Crippen molar-refractivity contribution in [1.29, 1.82) is 0 Å². The van der Waals surface area contributed by atoms with Crippen LogP contribution in [0.25, 0.3) is 0 Å². The van der Waals surface area contributed by atoms with Crippen LogP contribution in [0.3, 0.4) is 0 Å². The lowest BCUT2D eigenvalue weighted by atomic mass is 10.1. The molecule has 2 amide bonds. The number of amides is 2. The van der Waals surface area contributed by atoms with Gasteiger partial charge in [0.25, 0.3) is 0 Å². The van der Waals surface area contributed by atoms with Crippen LogP contribution in [0, 0.1) is 5.92 Å². The molecule has 0 bridgehead atoms. The molecule has 0 aromatic rings. The maximum absolute atomic E-state index is 11.7. The largest absolute Gasteiger partial charge is 0.481 e. The Bertz CT molecular complexity index is 291. The molecule has 0 spiro atoms. The third-order valence-electron chi connectivity index (χ3n) is 2.71. The number of aliphatic carboxylic acids is 1. The lowest BCUT2D eigenvalue weighted by Gasteiger charge is -2.19. The molecule has 2 N–H and O–H groups in total. The van der Waals surface area contributed by atoms with E-state index in [1.807, 2.05) is 6.92 Å². The SMILES string of the molecule is C=CCC(C)NC(=O)N1CCC(C(=O)O)C1. The van der Waals surface area contributed by atoms with Crippen LogP contribution in [0.1, 0.15) is 19.8 Å². The van der Waals surface area contributed by atoms with Crippen LogP contribution in [-0.4, -0.2) is 41.1 Å². The van der Waals surface area contributed by atoms with E-state index in [4.69, 9.17) is 5.11 Å². The second kappa shape index (κ2) is 5.53. The van der Waals surface area contributed by atoms with Gasteiger partial charge in [-0.1, -0.05) is 6.08 Å². The Kier molecular flexibility index (Phi) is 4.34. The predicted octanol–water partition coefficient (Wildman–Crippen LogP) is 1.07. The summed E-state index contributed by atoms with van der Waals surface area (Å²) in [7, 11) is 0. The number of likely N-dealkylation sites (tertiary alicyclic amines) is 1. The van der Waals surface area contributed by atoms with Gasteiger partial charge in [0.2, 0.25) is 0 Å². The number of urea groups is 1. The van der Waals surface area contributed by atoms with Crippen LogP contribution in [0.5, 0.6) is 0 Å². The first-order valence-electron chi connectivity index (χ1n) is 5.43. The number of carboxylic acid groups (broad SMARTS) is 1. The van der Waals surface area contributed by atoms with Crippen molar-refractivity contribution in [2.75, 3.05) is 13.1 Å². The summed E-state index contributed by atoms with van der Waals surface area (Å²) in [5.74, 6) is -1.24. The summed E-state index contributed by atoms with van der Waals surface area (Å²) in [6.07, 6.45) is 3.00. The quantitative estimate of drug-likeness (QED) is 0.704. The van der Waals surface area contributed by atoms with Crippen molar-refractivity contribution in [2.24, 2.45) is 5.92 Å². The van der Waals surface area contributed by atoms with E-state index in [9.17, 15) is 9.59 Å². The fourth-order valence-electron chi connectivity index (χ4n) is 1.76. The second-order valence-electron chi connectivity index (χ2n) is 4.14. The molecule has 1 heterocycles. The normalized spacial score (nSPS) is 21.6. The van der Waals surface area contributed by atoms with E-state index in [2.05, 4.69) is 11.9 Å². The zero-order valence-electron chi connectivity index (χ0n) is 9.48. The van der Waals surface area contributed by atoms with Crippen LogP contribution in [0.15, 0.2) is 12.7 Å². The summed E-state index contributed by atoms with van der Waals surface area (Å²) >= 11 is 0. The van der Waals surface area contributed by atoms with Crippen molar-refractivity contribution >= 4 is 12.0 Å². The van der Waals surface area contributed by atoms with Gasteiger partial charge in [0.15, 0.2) is 0 Å². The molecule has 0 saturated carbocycles. The van der Waals surface area contributed by atoms with E-state index in [0.717, 1.165) is 0 Å². The van der Waals surface area contributed by atoms with Gasteiger partial charge >= 0.3 is 12.0 Å². The van der Waals surface area contributed by atoms with Gasteiger partial charge in [-0.05, 0) is 19.8 Å². The van der Waals surface area contributed by atoms with Gasteiger partial charge < -0.3 is 15.3 Å². The van der Waals surface area contributed by atoms with Crippen LogP contribution in [-0.2, 0) is 4.79 Å². The number of hydrogen-bond donors (Lipinski definition) is 2. The highest BCUT2D eigenvalue weighted by atomic mass is 16.4. The highest BCUT2D eigenvalue weighted by Crippen LogP contribution is 2.16. The average molecular weight is 226 g/mol. The molecule has 5 heteroatoms. The fraction of sp³-hybridized carbons (Fsp3) is 0.636. The van der Waals surface area contributed by atoms with E-state index in [0.29, 0.717) is 25.9 Å². The Balaban J connectivity index is 2.39. The van der Waals surface area contributed by atoms with E-state index >= 15 is 0 Å². The standard InChI is InChI=1S/C11H18N2O3/c1-3-4-8(2)12-11(16)13-6-5-9(7-13)10(14)15/h3,8-9H,1,4-7H2,2H3,(H,12,16)(H,14,15). The van der Waals surface area contributed by atoms with Crippen molar-refractivity contribution in [2.45, 2.75) is 25.8 Å². The van der Waals surface area contributed by atoms with Gasteiger partial charge in [-0.3, -0.25) is 4.79 Å². The molecular formula is C11H18N2O3. The van der Waals surface area contributed by atoms with Crippen molar-refractivity contribution in [1.82, 2.24) is 10.2 Å². The minimum Gasteiger partial charge on any atom is -0.481 e. The summed E-state index contributed by atoms with van der Waals surface area (Å²) in [4.78, 5) is 24.0. The third-order valence-corrected chi connectivity index (χ3v) is 2.71. The molecule has 90 valence electrons. The highest BCUT2D eigenvalue weighted by molar-refractivity contribution is 5.77. The molecule has 1 fully saturated rings. The van der Waals surface area contributed by atoms with E-state index in [1.54, 1.807) is 11.0 Å². The molecule has 1 rings (SSSR count). The lowest BCUT2D eigenvalue weighted by Crippen LogP contribution is -2.42. The molecule has 0 aliphatic carbocycles. The van der Waals surface area contributed by atoms with E-state index in [1.165, 1.54) is 0 Å². The van der Waals surface area contributed by atoms with Gasteiger partial charge in [-0.2, -0.15) is 0 Å². The monoisotopic (exact) mass is 226 g/mol. The molecule has 16 heavy (non-hydrogen) atoms. The summed E-state index contributed by atoms with van der Waals surface area (Å²) < 4.78 is 0. The van der Waals surface area contributed by atoms with Gasteiger partial charge in [0, 0.05) is 19.1 Å². The molecule has 2 atom stereocenters. The second-order valence-corrected chi connectivity index (χ2v) is 4.14. The van der Waals surface area contributed by atoms with Crippen LogP contribution >= 0.6 is 0 Å². The topological polar surface area (TPSA) is 69.6 Å². The lowest BCUT2D eigenvalue weighted by molar-refractivity contribution is -0.141. The Morgan fingerprint density at radius 1 is 1.69 bits per heavy atom. The number of nitrogens with zero attached hydrogens (tertiary/aromatic N) is 1. The minimum atomic E-state index is -0.825. The maximum Gasteiger partial charge on any atom is 0.317 e. The molecule has 0 aromatic heterocycles. The molecule has 5 nitrogen and oxygen atoms in total. The number of carbonyl (C=O) groups excluding carboxylic acids is 1. The van der Waals surface area contributed by atoms with Crippen LogP contribution in [0.2, 0.25) is 0 Å². The summed E-state index contributed by atoms with van der Waals surface area (Å²) in [6, 6.07) is -0.146. The first kappa shape index (κ1) is 12.5. The van der Waals surface area contributed by atoms with Crippen LogP contribution in [0.4, 0.5) is 4.79 Å². The number of carbonyl (C=O) groups is 2. The van der Waals surface area contributed by atoms with Gasteiger partial charge in [0.1, 0.15) is 0 Å². The molecule has 1 saturated heterocycles. The maximum atomic E-state index is 11.7. The Morgan fingerprint density at radius 2 is 2.38 bits per heavy atom. The Labute approximate surface area is 95.1 Å². The molecular weight excluding hydrogens is 208 g/mol. The predicted molar refractivity (Wildman–Crippen MR) is 60.1 cm³/mol. The van der Waals surface area contributed by atoms with Crippen molar-refractivity contribution < 1.29 is 14.7 Å². The van der Waals surface area contributed by atoms with Crippen molar-refractivity contribution in [3.8, 4) is 0 Å². The fourth-order valence-corrected chi connectivity index (χ4v) is 1.76. The number of nitrogens with one attached hydrogen (secondary N) is 1. The van der Waals surface area contributed by atoms with Crippen molar-refractivity contribution in [3.63, 3.8) is 0 Å². The number of rotatable bonds is 4. The zero-order valence-corrected chi connectivity index (χ0v) is 9.48. The van der Waals surface area contributed by atoms with Crippen LogP contribution < -0.4 is 5.32 Å². The summed E-state index contributed by atoms with van der Waals surface area (Å²) in [5.41, 5.74) is 0. The first-order valence-corrected chi connectivity index (χ1v) is 5.43. The van der Waals surface area contributed by atoms with E-state index < -0.39 is 11.9 Å². The van der Waals surface area contributed by atoms with Gasteiger partial charge in [-0.15, -0.1) is 6.58 Å².